The number of carbonyl (C=O) groups excluding carboxylic acids is 1. The van der Waals surface area contributed by atoms with E-state index in [0.29, 0.717) is 0 Å². The van der Waals surface area contributed by atoms with Crippen molar-refractivity contribution in [1.29, 1.82) is 0 Å². The van der Waals surface area contributed by atoms with E-state index in [0.717, 1.165) is 35.4 Å². The molecule has 1 aromatic heterocycles. The molecule has 6 heteroatoms. The summed E-state index contributed by atoms with van der Waals surface area (Å²) in [6.07, 6.45) is 5.20. The van der Waals surface area contributed by atoms with Crippen LogP contribution in [0.15, 0.2) is 35.6 Å². The van der Waals surface area contributed by atoms with Gasteiger partial charge >= 0.3 is 0 Å². The van der Waals surface area contributed by atoms with Gasteiger partial charge in [0.25, 0.3) is 0 Å². The minimum atomic E-state index is -0.0132. The van der Waals surface area contributed by atoms with Crippen molar-refractivity contribution in [3.05, 3.63) is 36.0 Å². The Morgan fingerprint density at radius 1 is 1.43 bits per heavy atom. The lowest BCUT2D eigenvalue weighted by atomic mass is 10.1. The number of benzene rings is 1. The molecule has 1 fully saturated rings. The van der Waals surface area contributed by atoms with Crippen molar-refractivity contribution in [1.82, 2.24) is 15.6 Å². The number of aromatic nitrogens is 2. The lowest BCUT2D eigenvalue weighted by Crippen LogP contribution is -2.18. The fourth-order valence-electron chi connectivity index (χ4n) is 1.98. The van der Waals surface area contributed by atoms with Gasteiger partial charge in [-0.05, 0) is 37.1 Å². The molecule has 1 saturated carbocycles. The highest BCUT2D eigenvalue weighted by Crippen LogP contribution is 2.28. The number of hydrogen-bond acceptors (Lipinski definition) is 4. The molecule has 1 aliphatic rings. The first kappa shape index (κ1) is 13.4. The van der Waals surface area contributed by atoms with Gasteiger partial charge in [-0.2, -0.15) is 10.2 Å². The summed E-state index contributed by atoms with van der Waals surface area (Å²) in [6, 6.07) is 7.64. The number of H-pyrrole nitrogens is 1. The Labute approximate surface area is 122 Å². The maximum absolute atomic E-state index is 11.5. The van der Waals surface area contributed by atoms with Crippen LogP contribution in [0.5, 0.6) is 5.75 Å². The van der Waals surface area contributed by atoms with Crippen LogP contribution in [-0.2, 0) is 4.79 Å². The second kappa shape index (κ2) is 5.78. The molecule has 0 atom stereocenters. The maximum Gasteiger partial charge on any atom is 0.243 e. The fourth-order valence-corrected chi connectivity index (χ4v) is 1.98. The molecule has 6 nitrogen and oxygen atoms in total. The number of ether oxygens (including phenoxy) is 1. The van der Waals surface area contributed by atoms with Crippen LogP contribution in [-0.4, -0.2) is 29.4 Å². The summed E-state index contributed by atoms with van der Waals surface area (Å²) in [4.78, 5) is 11.5. The Morgan fingerprint density at radius 3 is 2.86 bits per heavy atom. The highest BCUT2D eigenvalue weighted by Gasteiger charge is 2.29. The molecule has 0 bridgehead atoms. The molecule has 1 amide bonds. The summed E-state index contributed by atoms with van der Waals surface area (Å²) >= 11 is 0. The third-order valence-corrected chi connectivity index (χ3v) is 3.37. The van der Waals surface area contributed by atoms with Crippen LogP contribution in [0.3, 0.4) is 0 Å². The third-order valence-electron chi connectivity index (χ3n) is 3.37. The van der Waals surface area contributed by atoms with E-state index in [9.17, 15) is 4.79 Å². The highest BCUT2D eigenvalue weighted by atomic mass is 16.5. The van der Waals surface area contributed by atoms with E-state index in [2.05, 4.69) is 20.7 Å². The van der Waals surface area contributed by atoms with E-state index in [1.165, 1.54) is 0 Å². The molecule has 0 unspecified atom stereocenters. The number of nitrogens with one attached hydrogen (secondary N) is 2. The van der Waals surface area contributed by atoms with Crippen molar-refractivity contribution in [2.45, 2.75) is 12.8 Å². The first-order chi connectivity index (χ1) is 10.3. The molecule has 1 aromatic carbocycles. The zero-order valence-electron chi connectivity index (χ0n) is 11.7. The smallest absolute Gasteiger partial charge is 0.243 e. The van der Waals surface area contributed by atoms with Gasteiger partial charge in [-0.3, -0.25) is 9.89 Å². The SMILES string of the molecule is COc1ccc(-c2[nH]ncc2/C=N/NC(=O)C2CC2)cc1. The molecule has 1 aliphatic carbocycles. The van der Waals surface area contributed by atoms with E-state index < -0.39 is 0 Å². The Balaban J connectivity index is 1.73. The Kier molecular flexibility index (Phi) is 3.68. The van der Waals surface area contributed by atoms with Crippen LogP contribution < -0.4 is 10.2 Å². The molecule has 108 valence electrons. The Hall–Kier alpha value is -2.63. The topological polar surface area (TPSA) is 79.4 Å². The van der Waals surface area contributed by atoms with E-state index in [4.69, 9.17) is 4.74 Å². The van der Waals surface area contributed by atoms with Crippen LogP contribution in [0.25, 0.3) is 11.3 Å². The predicted octanol–water partition coefficient (Wildman–Crippen LogP) is 1.95. The average molecular weight is 284 g/mol. The molecule has 21 heavy (non-hydrogen) atoms. The van der Waals surface area contributed by atoms with E-state index in [1.807, 2.05) is 24.3 Å². The van der Waals surface area contributed by atoms with Crippen LogP contribution in [0.1, 0.15) is 18.4 Å². The van der Waals surface area contributed by atoms with Gasteiger partial charge in [-0.15, -0.1) is 0 Å². The summed E-state index contributed by atoms with van der Waals surface area (Å²) in [5.74, 6) is 0.929. The first-order valence-corrected chi connectivity index (χ1v) is 6.78. The zero-order valence-corrected chi connectivity index (χ0v) is 11.7. The van der Waals surface area contributed by atoms with Crippen LogP contribution in [0, 0.1) is 5.92 Å². The number of amides is 1. The Bertz CT molecular complexity index is 657. The zero-order chi connectivity index (χ0) is 14.7. The summed E-state index contributed by atoms with van der Waals surface area (Å²) in [7, 11) is 1.63. The van der Waals surface area contributed by atoms with Gasteiger partial charge in [0.2, 0.25) is 5.91 Å². The third kappa shape index (κ3) is 3.10. The molecule has 1 heterocycles. The monoisotopic (exact) mass is 284 g/mol. The number of aromatic amines is 1. The lowest BCUT2D eigenvalue weighted by Gasteiger charge is -2.02. The minimum absolute atomic E-state index is 0.0132. The number of methoxy groups -OCH3 is 1. The summed E-state index contributed by atoms with van der Waals surface area (Å²) in [5.41, 5.74) is 5.19. The number of nitrogens with zero attached hydrogens (tertiary/aromatic N) is 2. The first-order valence-electron chi connectivity index (χ1n) is 6.78. The van der Waals surface area contributed by atoms with Crippen molar-refractivity contribution >= 4 is 12.1 Å². The molecular formula is C15H16N4O2. The summed E-state index contributed by atoms with van der Waals surface area (Å²) in [6.45, 7) is 0. The van der Waals surface area contributed by atoms with Gasteiger partial charge in [0, 0.05) is 17.0 Å². The van der Waals surface area contributed by atoms with E-state index in [-0.39, 0.29) is 11.8 Å². The van der Waals surface area contributed by atoms with E-state index in [1.54, 1.807) is 19.5 Å². The molecule has 0 saturated heterocycles. The predicted molar refractivity (Wildman–Crippen MR) is 79.0 cm³/mol. The van der Waals surface area contributed by atoms with Crippen LogP contribution >= 0.6 is 0 Å². The van der Waals surface area contributed by atoms with Crippen molar-refractivity contribution < 1.29 is 9.53 Å². The maximum atomic E-state index is 11.5. The number of carbonyl (C=O) groups is 1. The van der Waals surface area contributed by atoms with Gasteiger partial charge in [-0.25, -0.2) is 5.43 Å². The van der Waals surface area contributed by atoms with Crippen molar-refractivity contribution in [2.24, 2.45) is 11.0 Å². The quantitative estimate of drug-likeness (QED) is 0.650. The molecule has 0 spiro atoms. The standard InChI is InChI=1S/C15H16N4O2/c1-21-13-6-4-10(5-7-13)14-12(8-16-18-14)9-17-19-15(20)11-2-3-11/h4-9,11H,2-3H2,1H3,(H,16,18)(H,19,20)/b17-9+. The number of rotatable bonds is 5. The van der Waals surface area contributed by atoms with Crippen LogP contribution in [0.4, 0.5) is 0 Å². The number of hydrogen-bond donors (Lipinski definition) is 2. The highest BCUT2D eigenvalue weighted by molar-refractivity contribution is 5.89. The van der Waals surface area contributed by atoms with Crippen molar-refractivity contribution in [3.63, 3.8) is 0 Å². The Morgan fingerprint density at radius 2 is 2.19 bits per heavy atom. The molecule has 0 aliphatic heterocycles. The van der Waals surface area contributed by atoms with Crippen molar-refractivity contribution in [3.8, 4) is 17.0 Å². The fraction of sp³-hybridized carbons (Fsp3) is 0.267. The second-order valence-electron chi connectivity index (χ2n) is 4.94. The van der Waals surface area contributed by atoms with Gasteiger partial charge in [0.1, 0.15) is 5.75 Å². The normalized spacial score (nSPS) is 14.3. The van der Waals surface area contributed by atoms with Crippen LogP contribution in [0.2, 0.25) is 0 Å². The number of hydrazone groups is 1. The van der Waals surface area contributed by atoms with Gasteiger partial charge in [-0.1, -0.05) is 0 Å². The molecule has 2 aromatic rings. The largest absolute Gasteiger partial charge is 0.497 e. The molecule has 2 N–H and O–H groups in total. The lowest BCUT2D eigenvalue weighted by molar-refractivity contribution is -0.122. The molecular weight excluding hydrogens is 268 g/mol. The van der Waals surface area contributed by atoms with Gasteiger partial charge in [0.15, 0.2) is 0 Å². The second-order valence-corrected chi connectivity index (χ2v) is 4.94. The average Bonchev–Trinajstić information content (AvgIpc) is 3.27. The van der Waals surface area contributed by atoms with E-state index >= 15 is 0 Å². The summed E-state index contributed by atoms with van der Waals surface area (Å²) < 4.78 is 5.14. The van der Waals surface area contributed by atoms with Gasteiger partial charge < -0.3 is 4.74 Å². The minimum Gasteiger partial charge on any atom is -0.497 e. The summed E-state index contributed by atoms with van der Waals surface area (Å²) in [5, 5.41) is 10.9. The molecule has 0 radical (unpaired) electrons. The van der Waals surface area contributed by atoms with Gasteiger partial charge in [0.05, 0.1) is 25.2 Å². The molecule has 3 rings (SSSR count). The van der Waals surface area contributed by atoms with Crippen molar-refractivity contribution in [2.75, 3.05) is 7.11 Å².